The Bertz CT molecular complexity index is 824. The zero-order chi connectivity index (χ0) is 17.7. The zero-order valence-corrected chi connectivity index (χ0v) is 17.2. The van der Waals surface area contributed by atoms with Crippen LogP contribution in [0.1, 0.15) is 24.9 Å². The van der Waals surface area contributed by atoms with E-state index in [9.17, 15) is 4.57 Å². The van der Waals surface area contributed by atoms with E-state index < -0.39 is 7.29 Å². The van der Waals surface area contributed by atoms with Gasteiger partial charge < -0.3 is 0 Å². The van der Waals surface area contributed by atoms with Crippen LogP contribution in [0.25, 0.3) is 0 Å². The van der Waals surface area contributed by atoms with E-state index in [0.717, 1.165) is 17.0 Å². The Morgan fingerprint density at radius 3 is 1.92 bits per heavy atom. The molecule has 0 unspecified atom stereocenters. The fraction of sp³-hybridized carbons (Fsp3) is 0.143. The highest BCUT2D eigenvalue weighted by Gasteiger charge is 2.30. The third-order valence-electron chi connectivity index (χ3n) is 4.24. The van der Waals surface area contributed by atoms with E-state index >= 15 is 0 Å². The molecule has 0 aliphatic heterocycles. The summed E-state index contributed by atoms with van der Waals surface area (Å²) in [6, 6.07) is 27.9. The van der Waals surface area contributed by atoms with Crippen molar-refractivity contribution in [2.24, 2.45) is 0 Å². The molecule has 3 aromatic carbocycles. The van der Waals surface area contributed by atoms with E-state index in [2.05, 4.69) is 58.9 Å². The maximum Gasteiger partial charge on any atom is 0.205 e. The van der Waals surface area contributed by atoms with Gasteiger partial charge in [0.2, 0.25) is 7.29 Å². The molecule has 0 radical (unpaired) electrons. The lowest BCUT2D eigenvalue weighted by molar-refractivity contribution is 0.555. The summed E-state index contributed by atoms with van der Waals surface area (Å²) >= 11 is 2.32. The van der Waals surface area contributed by atoms with Crippen LogP contribution in [0.4, 0.5) is 0 Å². The van der Waals surface area contributed by atoms with Gasteiger partial charge >= 0.3 is 0 Å². The number of nitrogens with one attached hydrogen (secondary N) is 1. The van der Waals surface area contributed by atoms with Crippen molar-refractivity contribution in [3.05, 3.63) is 94.1 Å². The Labute approximate surface area is 163 Å². The fourth-order valence-electron chi connectivity index (χ4n) is 2.92. The first kappa shape index (κ1) is 18.4. The van der Waals surface area contributed by atoms with Gasteiger partial charge in [0.1, 0.15) is 0 Å². The molecule has 25 heavy (non-hydrogen) atoms. The van der Waals surface area contributed by atoms with Gasteiger partial charge in [0.05, 0.1) is 0 Å². The van der Waals surface area contributed by atoms with Crippen LogP contribution < -0.4 is 15.7 Å². The average molecular weight is 461 g/mol. The van der Waals surface area contributed by atoms with Crippen molar-refractivity contribution >= 4 is 40.5 Å². The van der Waals surface area contributed by atoms with Crippen LogP contribution in [0.2, 0.25) is 0 Å². The van der Waals surface area contributed by atoms with Crippen molar-refractivity contribution in [3.63, 3.8) is 0 Å². The van der Waals surface area contributed by atoms with Crippen molar-refractivity contribution in [2.75, 3.05) is 0 Å². The van der Waals surface area contributed by atoms with Gasteiger partial charge in [0.25, 0.3) is 0 Å². The second-order valence-corrected chi connectivity index (χ2v) is 9.68. The molecular formula is C21H21INOP. The van der Waals surface area contributed by atoms with Gasteiger partial charge in [-0.05, 0) is 71.0 Å². The second kappa shape index (κ2) is 8.31. The molecule has 0 spiro atoms. The third-order valence-corrected chi connectivity index (χ3v) is 7.63. The summed E-state index contributed by atoms with van der Waals surface area (Å²) in [4.78, 5) is 0. The number of rotatable bonds is 6. The lowest BCUT2D eigenvalue weighted by atomic mass is 10.1. The van der Waals surface area contributed by atoms with Gasteiger partial charge in [-0.1, -0.05) is 55.5 Å². The van der Waals surface area contributed by atoms with Crippen LogP contribution in [-0.4, -0.2) is 0 Å². The predicted molar refractivity (Wildman–Crippen MR) is 115 cm³/mol. The minimum atomic E-state index is -2.93. The monoisotopic (exact) mass is 461 g/mol. The van der Waals surface area contributed by atoms with Crippen LogP contribution in [0.5, 0.6) is 0 Å². The lowest BCUT2D eigenvalue weighted by Gasteiger charge is -2.27. The topological polar surface area (TPSA) is 29.1 Å². The maximum atomic E-state index is 14.1. The van der Waals surface area contributed by atoms with E-state index in [1.165, 1.54) is 9.13 Å². The van der Waals surface area contributed by atoms with Gasteiger partial charge in [-0.2, -0.15) is 0 Å². The molecule has 4 heteroatoms. The standard InChI is InChI=1S/C21H21INOP/c1-2-21(17-10-9-11-18(22)16-17)23-25(24,19-12-5-3-6-13-19)20-14-7-4-8-15-20/h3-16,21H,2H2,1H3,(H,23,24)/t21-/m1/s1. The van der Waals surface area contributed by atoms with Crippen molar-refractivity contribution in [3.8, 4) is 0 Å². The first-order chi connectivity index (χ1) is 12.1. The van der Waals surface area contributed by atoms with E-state index in [0.29, 0.717) is 0 Å². The van der Waals surface area contributed by atoms with Crippen molar-refractivity contribution < 1.29 is 4.57 Å². The minimum absolute atomic E-state index is 0.0287. The molecule has 0 heterocycles. The summed E-state index contributed by atoms with van der Waals surface area (Å²) in [6.07, 6.45) is 0.865. The summed E-state index contributed by atoms with van der Waals surface area (Å²) in [5.74, 6) is 0. The second-order valence-electron chi connectivity index (χ2n) is 5.93. The Hall–Kier alpha value is -1.42. The molecule has 3 aromatic rings. The Balaban J connectivity index is 2.05. The normalized spacial score (nSPS) is 12.7. The number of halogens is 1. The highest BCUT2D eigenvalue weighted by Crippen LogP contribution is 2.42. The molecule has 2 nitrogen and oxygen atoms in total. The Morgan fingerprint density at radius 1 is 0.880 bits per heavy atom. The SMILES string of the molecule is CC[C@@H](NP(=O)(c1ccccc1)c1ccccc1)c1cccc(I)c1. The zero-order valence-electron chi connectivity index (χ0n) is 14.1. The molecule has 0 aliphatic carbocycles. The molecular weight excluding hydrogens is 440 g/mol. The largest absolute Gasteiger partial charge is 0.297 e. The van der Waals surface area contributed by atoms with E-state index in [1.54, 1.807) is 0 Å². The van der Waals surface area contributed by atoms with Crippen LogP contribution >= 0.6 is 29.9 Å². The molecule has 128 valence electrons. The summed E-state index contributed by atoms with van der Waals surface area (Å²) in [5, 5.41) is 5.18. The smallest absolute Gasteiger partial charge is 0.205 e. The van der Waals surface area contributed by atoms with Crippen LogP contribution in [0, 0.1) is 3.57 Å². The quantitative estimate of drug-likeness (QED) is 0.401. The molecule has 3 rings (SSSR count). The fourth-order valence-corrected chi connectivity index (χ4v) is 6.04. The van der Waals surface area contributed by atoms with E-state index in [4.69, 9.17) is 0 Å². The minimum Gasteiger partial charge on any atom is -0.297 e. The van der Waals surface area contributed by atoms with Crippen LogP contribution in [0.15, 0.2) is 84.9 Å². The van der Waals surface area contributed by atoms with Gasteiger partial charge in [-0.15, -0.1) is 0 Å². The Kier molecular flexibility index (Phi) is 6.10. The summed E-state index contributed by atoms with van der Waals surface area (Å²) in [5.41, 5.74) is 1.17. The highest BCUT2D eigenvalue weighted by atomic mass is 127. The first-order valence-corrected chi connectivity index (χ1v) is 11.2. The first-order valence-electron chi connectivity index (χ1n) is 8.38. The average Bonchev–Trinajstić information content (AvgIpc) is 2.67. The molecule has 0 amide bonds. The molecule has 0 saturated heterocycles. The van der Waals surface area contributed by atoms with Gasteiger partial charge in [-0.25, -0.2) is 0 Å². The molecule has 1 atom stereocenters. The number of hydrogen-bond acceptors (Lipinski definition) is 1. The third kappa shape index (κ3) is 4.22. The molecule has 0 saturated carbocycles. The van der Waals surface area contributed by atoms with Crippen molar-refractivity contribution in [2.45, 2.75) is 19.4 Å². The molecule has 0 aromatic heterocycles. The summed E-state index contributed by atoms with van der Waals surface area (Å²) < 4.78 is 15.3. The maximum absolute atomic E-state index is 14.1. The van der Waals surface area contributed by atoms with E-state index in [1.807, 2.05) is 60.7 Å². The van der Waals surface area contributed by atoms with Crippen LogP contribution in [0.3, 0.4) is 0 Å². The predicted octanol–water partition coefficient (Wildman–Crippen LogP) is 5.26. The van der Waals surface area contributed by atoms with Gasteiger partial charge in [-0.3, -0.25) is 9.65 Å². The molecule has 0 fully saturated rings. The number of benzene rings is 3. The van der Waals surface area contributed by atoms with E-state index in [-0.39, 0.29) is 6.04 Å². The van der Waals surface area contributed by atoms with Crippen molar-refractivity contribution in [1.29, 1.82) is 0 Å². The summed E-state index contributed by atoms with van der Waals surface area (Å²) in [7, 11) is -2.93. The van der Waals surface area contributed by atoms with Gasteiger partial charge in [0, 0.05) is 20.2 Å². The van der Waals surface area contributed by atoms with Crippen molar-refractivity contribution in [1.82, 2.24) is 5.09 Å². The number of hydrogen-bond donors (Lipinski definition) is 1. The summed E-state index contributed by atoms with van der Waals surface area (Å²) in [6.45, 7) is 2.12. The molecule has 0 aliphatic rings. The highest BCUT2D eigenvalue weighted by molar-refractivity contribution is 14.1. The molecule has 0 bridgehead atoms. The van der Waals surface area contributed by atoms with Gasteiger partial charge in [0.15, 0.2) is 0 Å². The molecule has 1 N–H and O–H groups in total. The Morgan fingerprint density at radius 2 is 1.44 bits per heavy atom. The van der Waals surface area contributed by atoms with Crippen LogP contribution in [-0.2, 0) is 4.57 Å². The lowest BCUT2D eigenvalue weighted by Crippen LogP contribution is -2.30.